The Balaban J connectivity index is 1.32. The normalized spacial score (nSPS) is 13.8. The van der Waals surface area contributed by atoms with Crippen molar-refractivity contribution in [2.75, 3.05) is 11.1 Å². The van der Waals surface area contributed by atoms with Crippen LogP contribution in [0.15, 0.2) is 35.7 Å². The summed E-state index contributed by atoms with van der Waals surface area (Å²) < 4.78 is 1.92. The fourth-order valence-electron chi connectivity index (χ4n) is 3.91. The fraction of sp³-hybridized carbons (Fsp3) is 0.364. The van der Waals surface area contributed by atoms with Gasteiger partial charge in [0.15, 0.2) is 10.8 Å². The topological polar surface area (TPSA) is 72.2 Å². The highest BCUT2D eigenvalue weighted by Gasteiger charge is 2.21. The van der Waals surface area contributed by atoms with Gasteiger partial charge in [-0.25, -0.2) is 4.98 Å². The first-order valence-electron chi connectivity index (χ1n) is 10.3. The van der Waals surface area contributed by atoms with E-state index in [1.54, 1.807) is 17.7 Å². The van der Waals surface area contributed by atoms with Crippen LogP contribution in [-0.4, -0.2) is 31.2 Å². The van der Waals surface area contributed by atoms with E-state index in [1.807, 2.05) is 16.5 Å². The van der Waals surface area contributed by atoms with Crippen LogP contribution in [0.1, 0.15) is 48.6 Å². The molecule has 154 valence electrons. The number of nitrogens with zero attached hydrogens (tertiary/aromatic N) is 4. The maximum atomic E-state index is 12.4. The van der Waals surface area contributed by atoms with Crippen molar-refractivity contribution in [1.29, 1.82) is 0 Å². The van der Waals surface area contributed by atoms with Gasteiger partial charge in [-0.15, -0.1) is 21.5 Å². The maximum Gasteiger partial charge on any atom is 0.234 e. The Morgan fingerprint density at radius 3 is 2.80 bits per heavy atom. The first kappa shape index (κ1) is 19.5. The minimum Gasteiger partial charge on any atom is -0.325 e. The third-order valence-electron chi connectivity index (χ3n) is 5.52. The average Bonchev–Trinajstić information content (AvgIpc) is 3.33. The molecule has 1 N–H and O–H groups in total. The predicted molar refractivity (Wildman–Crippen MR) is 123 cm³/mol. The van der Waals surface area contributed by atoms with Gasteiger partial charge in [-0.05, 0) is 54.9 Å². The van der Waals surface area contributed by atoms with E-state index in [2.05, 4.69) is 46.5 Å². The van der Waals surface area contributed by atoms with Gasteiger partial charge in [-0.1, -0.05) is 37.7 Å². The van der Waals surface area contributed by atoms with Crippen molar-refractivity contribution in [1.82, 2.24) is 19.6 Å². The number of benzene rings is 1. The Morgan fingerprint density at radius 1 is 1.20 bits per heavy atom. The zero-order valence-electron chi connectivity index (χ0n) is 17.0. The molecule has 1 aliphatic rings. The number of aromatic nitrogens is 4. The smallest absolute Gasteiger partial charge is 0.234 e. The van der Waals surface area contributed by atoms with Crippen molar-refractivity contribution < 1.29 is 4.79 Å². The van der Waals surface area contributed by atoms with Crippen molar-refractivity contribution >= 4 is 50.6 Å². The maximum absolute atomic E-state index is 12.4. The molecule has 8 heteroatoms. The SMILES string of the molecule is CC(C)c1ccc(NC(=O)CSc2nnc3c4c5c(sc4ncn23)CCCC5)cc1. The lowest BCUT2D eigenvalue weighted by molar-refractivity contribution is -0.113. The molecular weight excluding hydrogens is 414 g/mol. The molecule has 3 aromatic heterocycles. The Kier molecular flexibility index (Phi) is 5.20. The molecule has 4 aromatic rings. The number of fused-ring (bicyclic) bond motifs is 5. The van der Waals surface area contributed by atoms with Crippen molar-refractivity contribution in [2.45, 2.75) is 50.6 Å². The lowest BCUT2D eigenvalue weighted by Crippen LogP contribution is -2.14. The fourth-order valence-corrected chi connectivity index (χ4v) is 5.84. The van der Waals surface area contributed by atoms with Crippen LogP contribution in [0.5, 0.6) is 0 Å². The molecule has 0 saturated heterocycles. The Morgan fingerprint density at radius 2 is 2.00 bits per heavy atom. The van der Waals surface area contributed by atoms with Crippen LogP contribution in [0.4, 0.5) is 5.69 Å². The summed E-state index contributed by atoms with van der Waals surface area (Å²) in [5.41, 5.74) is 4.31. The number of carbonyl (C=O) groups excluding carboxylic acids is 1. The highest BCUT2D eigenvalue weighted by Crippen LogP contribution is 2.37. The highest BCUT2D eigenvalue weighted by atomic mass is 32.2. The van der Waals surface area contributed by atoms with Gasteiger partial charge >= 0.3 is 0 Å². The number of rotatable bonds is 5. The molecule has 30 heavy (non-hydrogen) atoms. The van der Waals surface area contributed by atoms with Gasteiger partial charge in [0.1, 0.15) is 11.2 Å². The van der Waals surface area contributed by atoms with Gasteiger partial charge in [-0.2, -0.15) is 0 Å². The van der Waals surface area contributed by atoms with E-state index < -0.39 is 0 Å². The molecule has 3 heterocycles. The number of hydrogen-bond donors (Lipinski definition) is 1. The van der Waals surface area contributed by atoms with Gasteiger partial charge in [0.25, 0.3) is 0 Å². The molecular formula is C22H23N5OS2. The van der Waals surface area contributed by atoms with E-state index >= 15 is 0 Å². The molecule has 1 aliphatic carbocycles. The van der Waals surface area contributed by atoms with Crippen LogP contribution in [0, 0.1) is 0 Å². The summed E-state index contributed by atoms with van der Waals surface area (Å²) in [5.74, 6) is 0.684. The quantitative estimate of drug-likeness (QED) is 0.441. The summed E-state index contributed by atoms with van der Waals surface area (Å²) in [6.45, 7) is 4.31. The van der Waals surface area contributed by atoms with E-state index in [4.69, 9.17) is 0 Å². The molecule has 0 spiro atoms. The summed E-state index contributed by atoms with van der Waals surface area (Å²) in [4.78, 5) is 19.6. The molecule has 0 fully saturated rings. The van der Waals surface area contributed by atoms with Crippen LogP contribution in [0.25, 0.3) is 15.9 Å². The van der Waals surface area contributed by atoms with Gasteiger partial charge < -0.3 is 5.32 Å². The average molecular weight is 438 g/mol. The first-order chi connectivity index (χ1) is 14.6. The molecule has 0 radical (unpaired) electrons. The van der Waals surface area contributed by atoms with E-state index in [-0.39, 0.29) is 11.7 Å². The van der Waals surface area contributed by atoms with Crippen molar-refractivity contribution in [3.05, 3.63) is 46.6 Å². The zero-order valence-corrected chi connectivity index (χ0v) is 18.6. The monoisotopic (exact) mass is 437 g/mol. The van der Waals surface area contributed by atoms with Crippen LogP contribution < -0.4 is 5.32 Å². The number of aryl methyl sites for hydroxylation is 2. The first-order valence-corrected chi connectivity index (χ1v) is 12.1. The molecule has 5 rings (SSSR count). The molecule has 0 bridgehead atoms. The Labute approximate surface area is 183 Å². The number of nitrogens with one attached hydrogen (secondary N) is 1. The van der Waals surface area contributed by atoms with E-state index in [0.717, 1.165) is 34.4 Å². The van der Waals surface area contributed by atoms with Crippen molar-refractivity contribution in [2.24, 2.45) is 0 Å². The Hall–Kier alpha value is -2.45. The number of amides is 1. The minimum absolute atomic E-state index is 0.0593. The highest BCUT2D eigenvalue weighted by molar-refractivity contribution is 7.99. The van der Waals surface area contributed by atoms with Gasteiger partial charge in [0, 0.05) is 10.6 Å². The zero-order chi connectivity index (χ0) is 20.7. The number of thioether (sulfide) groups is 1. The molecule has 6 nitrogen and oxygen atoms in total. The van der Waals surface area contributed by atoms with Crippen LogP contribution in [0.3, 0.4) is 0 Å². The van der Waals surface area contributed by atoms with Crippen molar-refractivity contribution in [3.63, 3.8) is 0 Å². The van der Waals surface area contributed by atoms with Gasteiger partial charge in [0.2, 0.25) is 5.91 Å². The summed E-state index contributed by atoms with van der Waals surface area (Å²) in [6, 6.07) is 8.01. The third kappa shape index (κ3) is 3.58. The lowest BCUT2D eigenvalue weighted by atomic mass is 9.97. The van der Waals surface area contributed by atoms with E-state index in [9.17, 15) is 4.79 Å². The summed E-state index contributed by atoms with van der Waals surface area (Å²) in [6.07, 6.45) is 6.47. The van der Waals surface area contributed by atoms with Crippen molar-refractivity contribution in [3.8, 4) is 0 Å². The lowest BCUT2D eigenvalue weighted by Gasteiger charge is -2.10. The number of hydrogen-bond acceptors (Lipinski definition) is 6. The summed E-state index contributed by atoms with van der Waals surface area (Å²) in [5, 5.41) is 13.6. The third-order valence-corrected chi connectivity index (χ3v) is 7.67. The molecule has 1 aromatic carbocycles. The van der Waals surface area contributed by atoms with E-state index in [1.165, 1.54) is 40.6 Å². The number of anilines is 1. The van der Waals surface area contributed by atoms with Crippen LogP contribution >= 0.6 is 23.1 Å². The molecule has 0 aliphatic heterocycles. The summed E-state index contributed by atoms with van der Waals surface area (Å²) >= 11 is 3.16. The second-order valence-electron chi connectivity index (χ2n) is 7.93. The molecule has 0 saturated carbocycles. The van der Waals surface area contributed by atoms with Crippen LogP contribution in [0.2, 0.25) is 0 Å². The second kappa shape index (κ2) is 8.00. The molecule has 0 atom stereocenters. The second-order valence-corrected chi connectivity index (χ2v) is 9.95. The number of carbonyl (C=O) groups is 1. The Bertz CT molecular complexity index is 1230. The van der Waals surface area contributed by atoms with Crippen LogP contribution in [-0.2, 0) is 17.6 Å². The molecule has 0 unspecified atom stereocenters. The number of thiophene rings is 1. The largest absolute Gasteiger partial charge is 0.325 e. The molecule has 1 amide bonds. The van der Waals surface area contributed by atoms with Gasteiger partial charge in [-0.3, -0.25) is 9.20 Å². The minimum atomic E-state index is -0.0593. The predicted octanol–water partition coefficient (Wildman–Crippen LogP) is 5.07. The summed E-state index contributed by atoms with van der Waals surface area (Å²) in [7, 11) is 0. The standard InChI is InChI=1S/C22H23N5OS2/c1-13(2)14-7-9-15(10-8-14)24-18(28)11-29-22-26-25-20-19-16-5-3-4-6-17(16)30-21(19)23-12-27(20)22/h7-10,12-13H,3-6,11H2,1-2H3,(H,24,28). The van der Waals surface area contributed by atoms with E-state index in [0.29, 0.717) is 11.1 Å². The van der Waals surface area contributed by atoms with Gasteiger partial charge in [0.05, 0.1) is 11.1 Å².